The first-order valence-electron chi connectivity index (χ1n) is 10.3. The summed E-state index contributed by atoms with van der Waals surface area (Å²) in [6.07, 6.45) is 9.31. The molecule has 3 aromatic heterocycles. The van der Waals surface area contributed by atoms with E-state index in [1.54, 1.807) is 17.3 Å². The third-order valence-corrected chi connectivity index (χ3v) is 5.81. The number of fused-ring (bicyclic) bond motifs is 2. The number of aromatic nitrogens is 5. The maximum absolute atomic E-state index is 12.6. The predicted molar refractivity (Wildman–Crippen MR) is 112 cm³/mol. The number of hydrogen-bond acceptors (Lipinski definition) is 5. The van der Waals surface area contributed by atoms with Gasteiger partial charge in [0.1, 0.15) is 5.82 Å². The SMILES string of the molecule is O=C(CCCc1nc2ccccc2[nH]1)N1C[C@H](Cc2cn3ccnc3cn2)[C@H](O)C1. The number of rotatable bonds is 6. The van der Waals surface area contributed by atoms with E-state index >= 15 is 0 Å². The topological polar surface area (TPSA) is 99.4 Å². The Labute approximate surface area is 173 Å². The van der Waals surface area contributed by atoms with Crippen molar-refractivity contribution in [3.05, 3.63) is 60.6 Å². The van der Waals surface area contributed by atoms with Crippen LogP contribution in [0.3, 0.4) is 0 Å². The Bertz CT molecular complexity index is 1150. The van der Waals surface area contributed by atoms with Crippen LogP contribution in [-0.4, -0.2) is 59.4 Å². The van der Waals surface area contributed by atoms with Crippen molar-refractivity contribution in [2.75, 3.05) is 13.1 Å². The zero-order valence-corrected chi connectivity index (χ0v) is 16.6. The molecule has 1 aliphatic rings. The number of aliphatic hydroxyl groups is 1. The number of likely N-dealkylation sites (tertiary alicyclic amines) is 1. The molecule has 5 rings (SSSR count). The lowest BCUT2D eigenvalue weighted by Gasteiger charge is -2.16. The van der Waals surface area contributed by atoms with Crippen molar-refractivity contribution in [2.24, 2.45) is 5.92 Å². The van der Waals surface area contributed by atoms with E-state index in [0.717, 1.165) is 41.0 Å². The number of nitrogens with one attached hydrogen (secondary N) is 1. The van der Waals surface area contributed by atoms with Crippen LogP contribution in [0.1, 0.15) is 24.4 Å². The zero-order chi connectivity index (χ0) is 20.5. The molecular weight excluding hydrogens is 380 g/mol. The van der Waals surface area contributed by atoms with Gasteiger partial charge in [0, 0.05) is 50.4 Å². The maximum atomic E-state index is 12.6. The van der Waals surface area contributed by atoms with Crippen LogP contribution >= 0.6 is 0 Å². The Hall–Kier alpha value is -3.26. The van der Waals surface area contributed by atoms with E-state index in [4.69, 9.17) is 0 Å². The molecule has 0 aliphatic carbocycles. The number of amides is 1. The second kappa shape index (κ2) is 7.87. The molecule has 0 radical (unpaired) electrons. The van der Waals surface area contributed by atoms with E-state index in [1.165, 1.54) is 0 Å². The van der Waals surface area contributed by atoms with Gasteiger partial charge in [0.25, 0.3) is 0 Å². The van der Waals surface area contributed by atoms with Crippen molar-refractivity contribution in [1.82, 2.24) is 29.2 Å². The quantitative estimate of drug-likeness (QED) is 0.512. The predicted octanol–water partition coefficient (Wildman–Crippen LogP) is 1.99. The summed E-state index contributed by atoms with van der Waals surface area (Å²) in [4.78, 5) is 30.9. The number of aryl methyl sites for hydroxylation is 1. The first-order chi connectivity index (χ1) is 14.7. The summed E-state index contributed by atoms with van der Waals surface area (Å²) in [5.41, 5.74) is 3.66. The normalized spacial score (nSPS) is 19.2. The molecule has 0 spiro atoms. The first-order valence-corrected chi connectivity index (χ1v) is 10.3. The van der Waals surface area contributed by atoms with Crippen molar-refractivity contribution in [3.8, 4) is 0 Å². The monoisotopic (exact) mass is 404 g/mol. The number of β-amino-alcohol motifs (C(OH)–C–C–N with tert-alkyl or cyclic N) is 1. The lowest BCUT2D eigenvalue weighted by atomic mass is 10.0. The molecule has 8 nitrogen and oxygen atoms in total. The Morgan fingerprint density at radius 2 is 2.13 bits per heavy atom. The number of aromatic amines is 1. The molecule has 2 atom stereocenters. The third kappa shape index (κ3) is 3.78. The van der Waals surface area contributed by atoms with E-state index < -0.39 is 6.10 Å². The van der Waals surface area contributed by atoms with E-state index in [1.807, 2.05) is 41.1 Å². The van der Waals surface area contributed by atoms with Crippen LogP contribution in [0.2, 0.25) is 0 Å². The number of benzene rings is 1. The second-order valence-electron chi connectivity index (χ2n) is 7.96. The number of nitrogens with zero attached hydrogens (tertiary/aromatic N) is 5. The van der Waals surface area contributed by atoms with Gasteiger partial charge in [0.15, 0.2) is 5.65 Å². The van der Waals surface area contributed by atoms with E-state index in [2.05, 4.69) is 19.9 Å². The fourth-order valence-electron chi connectivity index (χ4n) is 4.19. The van der Waals surface area contributed by atoms with Gasteiger partial charge in [-0.3, -0.25) is 9.78 Å². The number of hydrogen-bond donors (Lipinski definition) is 2. The van der Waals surface area contributed by atoms with E-state index in [9.17, 15) is 9.90 Å². The molecule has 4 aromatic rings. The van der Waals surface area contributed by atoms with E-state index in [-0.39, 0.29) is 11.8 Å². The van der Waals surface area contributed by atoms with E-state index in [0.29, 0.717) is 25.9 Å². The lowest BCUT2D eigenvalue weighted by Crippen LogP contribution is -2.29. The number of imidazole rings is 2. The average Bonchev–Trinajstić information content (AvgIpc) is 3.46. The molecule has 1 saturated heterocycles. The summed E-state index contributed by atoms with van der Waals surface area (Å²) in [6, 6.07) is 7.92. The van der Waals surface area contributed by atoms with Crippen LogP contribution in [0.5, 0.6) is 0 Å². The van der Waals surface area contributed by atoms with Crippen molar-refractivity contribution in [1.29, 1.82) is 0 Å². The lowest BCUT2D eigenvalue weighted by molar-refractivity contribution is -0.130. The Balaban J connectivity index is 1.14. The number of para-hydroxylation sites is 2. The van der Waals surface area contributed by atoms with Gasteiger partial charge in [0.2, 0.25) is 5.91 Å². The van der Waals surface area contributed by atoms with Gasteiger partial charge in [-0.15, -0.1) is 0 Å². The molecule has 4 heterocycles. The third-order valence-electron chi connectivity index (χ3n) is 5.81. The van der Waals surface area contributed by atoms with Crippen LogP contribution in [0.15, 0.2) is 49.1 Å². The van der Waals surface area contributed by atoms with Crippen LogP contribution < -0.4 is 0 Å². The molecule has 0 saturated carbocycles. The Morgan fingerprint density at radius 1 is 1.23 bits per heavy atom. The highest BCUT2D eigenvalue weighted by Crippen LogP contribution is 2.22. The van der Waals surface area contributed by atoms with Crippen molar-refractivity contribution >= 4 is 22.6 Å². The molecule has 1 fully saturated rings. The summed E-state index contributed by atoms with van der Waals surface area (Å²) >= 11 is 0. The van der Waals surface area contributed by atoms with Gasteiger partial charge in [-0.2, -0.15) is 0 Å². The second-order valence-corrected chi connectivity index (χ2v) is 7.96. The van der Waals surface area contributed by atoms with Gasteiger partial charge in [-0.25, -0.2) is 9.97 Å². The standard InChI is InChI=1S/C22H24N6O2/c29-19-14-28(12-15(19)10-16-13-27-9-8-23-21(27)11-24-16)22(30)7-3-6-20-25-17-4-1-2-5-18(17)26-20/h1-2,4-5,8-9,11,13,15,19,29H,3,6-7,10,12,14H2,(H,25,26)/t15-,19+/m0/s1. The van der Waals surface area contributed by atoms with Crippen LogP contribution in [0, 0.1) is 5.92 Å². The van der Waals surface area contributed by atoms with Crippen molar-refractivity contribution in [3.63, 3.8) is 0 Å². The number of carbonyl (C=O) groups excluding carboxylic acids is 1. The van der Waals surface area contributed by atoms with Crippen molar-refractivity contribution in [2.45, 2.75) is 31.8 Å². The van der Waals surface area contributed by atoms with Crippen LogP contribution in [0.4, 0.5) is 0 Å². The van der Waals surface area contributed by atoms with Gasteiger partial charge >= 0.3 is 0 Å². The molecule has 1 aromatic carbocycles. The molecule has 2 N–H and O–H groups in total. The molecule has 0 unspecified atom stereocenters. The number of H-pyrrole nitrogens is 1. The summed E-state index contributed by atoms with van der Waals surface area (Å²) in [5, 5.41) is 10.5. The molecule has 1 aliphatic heterocycles. The van der Waals surface area contributed by atoms with Crippen molar-refractivity contribution < 1.29 is 9.90 Å². The largest absolute Gasteiger partial charge is 0.391 e. The highest BCUT2D eigenvalue weighted by Gasteiger charge is 2.34. The summed E-state index contributed by atoms with van der Waals surface area (Å²) in [6.45, 7) is 0.954. The maximum Gasteiger partial charge on any atom is 0.222 e. The zero-order valence-electron chi connectivity index (χ0n) is 16.6. The summed E-state index contributed by atoms with van der Waals surface area (Å²) in [5.74, 6) is 0.993. The van der Waals surface area contributed by atoms with Gasteiger partial charge < -0.3 is 19.4 Å². The minimum Gasteiger partial charge on any atom is -0.391 e. The fraction of sp³-hybridized carbons (Fsp3) is 0.364. The highest BCUT2D eigenvalue weighted by molar-refractivity contribution is 5.77. The van der Waals surface area contributed by atoms with Crippen LogP contribution in [0.25, 0.3) is 16.7 Å². The molecule has 30 heavy (non-hydrogen) atoms. The summed E-state index contributed by atoms with van der Waals surface area (Å²) in [7, 11) is 0. The van der Waals surface area contributed by atoms with Gasteiger partial charge in [0.05, 0.1) is 29.0 Å². The number of aliphatic hydroxyl groups excluding tert-OH is 1. The molecule has 154 valence electrons. The van der Waals surface area contributed by atoms with Gasteiger partial charge in [-0.05, 0) is 25.0 Å². The Kier molecular flexibility index (Phi) is 4.92. The van der Waals surface area contributed by atoms with Gasteiger partial charge in [-0.1, -0.05) is 12.1 Å². The van der Waals surface area contributed by atoms with Crippen LogP contribution in [-0.2, 0) is 17.6 Å². The molecule has 1 amide bonds. The molecule has 0 bridgehead atoms. The highest BCUT2D eigenvalue weighted by atomic mass is 16.3. The fourth-order valence-corrected chi connectivity index (χ4v) is 4.19. The molecule has 8 heteroatoms. The summed E-state index contributed by atoms with van der Waals surface area (Å²) < 4.78 is 1.92. The number of carbonyl (C=O) groups is 1. The average molecular weight is 404 g/mol. The minimum atomic E-state index is -0.524. The smallest absolute Gasteiger partial charge is 0.222 e. The Morgan fingerprint density at radius 3 is 3.03 bits per heavy atom. The molecular formula is C22H24N6O2. The minimum absolute atomic E-state index is 0.00204. The first kappa shape index (κ1) is 18.7.